The number of benzene rings is 2. The van der Waals surface area contributed by atoms with Crippen molar-refractivity contribution in [2.24, 2.45) is 0 Å². The van der Waals surface area contributed by atoms with Gasteiger partial charge in [-0.1, -0.05) is 31.2 Å². The summed E-state index contributed by atoms with van der Waals surface area (Å²) in [7, 11) is -1.28. The number of carbonyl (C=O) groups is 2. The average Bonchev–Trinajstić information content (AvgIpc) is 2.62. The minimum Gasteiger partial charge on any atom is -0.452 e. The summed E-state index contributed by atoms with van der Waals surface area (Å²) >= 11 is 0. The van der Waals surface area contributed by atoms with Crippen molar-refractivity contribution in [1.82, 2.24) is 0 Å². The quantitative estimate of drug-likeness (QED) is 0.804. The summed E-state index contributed by atoms with van der Waals surface area (Å²) in [6.07, 6.45) is 0. The van der Waals surface area contributed by atoms with Crippen molar-refractivity contribution in [1.29, 1.82) is 0 Å². The average molecular weight is 359 g/mol. The predicted octanol–water partition coefficient (Wildman–Crippen LogP) is 3.23. The zero-order valence-electron chi connectivity index (χ0n) is 14.5. The van der Waals surface area contributed by atoms with Gasteiger partial charge in [-0.05, 0) is 43.2 Å². The highest BCUT2D eigenvalue weighted by Gasteiger charge is 2.17. The molecule has 0 aromatic heterocycles. The van der Waals surface area contributed by atoms with Gasteiger partial charge in [0.05, 0.1) is 21.3 Å². The SMILES string of the molecule is CC[S@](=O)c1ccccc1C(=O)OCC(=O)Nc1cc(C)ccc1C. The molecular weight excluding hydrogens is 338 g/mol. The standard InChI is InChI=1S/C19H21NO4S/c1-4-25(23)17-8-6-5-7-15(17)19(22)24-12-18(21)20-16-11-13(2)9-10-14(16)3/h5-11H,4,12H2,1-3H3,(H,20,21)/t25-/m0/s1. The third kappa shape index (κ3) is 5.00. The molecule has 1 N–H and O–H groups in total. The van der Waals surface area contributed by atoms with Crippen molar-refractivity contribution >= 4 is 28.4 Å². The van der Waals surface area contributed by atoms with E-state index in [0.29, 0.717) is 16.3 Å². The van der Waals surface area contributed by atoms with Crippen LogP contribution in [0.25, 0.3) is 0 Å². The number of ether oxygens (including phenoxy) is 1. The number of aryl methyl sites for hydroxylation is 2. The Hall–Kier alpha value is -2.47. The van der Waals surface area contributed by atoms with Crippen LogP contribution in [0.1, 0.15) is 28.4 Å². The Morgan fingerprint density at radius 3 is 2.56 bits per heavy atom. The highest BCUT2D eigenvalue weighted by molar-refractivity contribution is 7.85. The van der Waals surface area contributed by atoms with E-state index < -0.39 is 29.3 Å². The number of carbonyl (C=O) groups excluding carboxylic acids is 2. The first-order valence-corrected chi connectivity index (χ1v) is 9.26. The van der Waals surface area contributed by atoms with Crippen molar-refractivity contribution in [3.63, 3.8) is 0 Å². The van der Waals surface area contributed by atoms with Gasteiger partial charge >= 0.3 is 5.97 Å². The number of rotatable bonds is 6. The summed E-state index contributed by atoms with van der Waals surface area (Å²) < 4.78 is 17.1. The topological polar surface area (TPSA) is 72.5 Å². The number of amides is 1. The maximum Gasteiger partial charge on any atom is 0.339 e. The molecule has 0 bridgehead atoms. The van der Waals surface area contributed by atoms with E-state index in [1.807, 2.05) is 32.0 Å². The van der Waals surface area contributed by atoms with Crippen LogP contribution >= 0.6 is 0 Å². The van der Waals surface area contributed by atoms with Crippen LogP contribution in [0.3, 0.4) is 0 Å². The van der Waals surface area contributed by atoms with Crippen molar-refractivity contribution in [2.75, 3.05) is 17.7 Å². The lowest BCUT2D eigenvalue weighted by Crippen LogP contribution is -2.22. The largest absolute Gasteiger partial charge is 0.452 e. The Bertz CT molecular complexity index is 817. The Labute approximate surface area is 149 Å². The summed E-state index contributed by atoms with van der Waals surface area (Å²) in [5.41, 5.74) is 2.86. The molecule has 0 saturated carbocycles. The van der Waals surface area contributed by atoms with E-state index in [-0.39, 0.29) is 5.56 Å². The fourth-order valence-electron chi connectivity index (χ4n) is 2.25. The van der Waals surface area contributed by atoms with Crippen LogP contribution in [0.5, 0.6) is 0 Å². The van der Waals surface area contributed by atoms with Crippen LogP contribution in [0, 0.1) is 13.8 Å². The van der Waals surface area contributed by atoms with Gasteiger partial charge in [0.15, 0.2) is 6.61 Å². The van der Waals surface area contributed by atoms with Crippen LogP contribution in [0.15, 0.2) is 47.4 Å². The number of anilines is 1. The van der Waals surface area contributed by atoms with E-state index in [1.54, 1.807) is 31.2 Å². The summed E-state index contributed by atoms with van der Waals surface area (Å²) in [5, 5.41) is 2.73. The molecule has 0 aliphatic rings. The molecule has 0 spiro atoms. The third-order valence-electron chi connectivity index (χ3n) is 3.62. The molecule has 1 atom stereocenters. The highest BCUT2D eigenvalue weighted by atomic mass is 32.2. The molecule has 0 saturated heterocycles. The van der Waals surface area contributed by atoms with Crippen LogP contribution in [-0.2, 0) is 20.3 Å². The second kappa shape index (κ2) is 8.58. The highest BCUT2D eigenvalue weighted by Crippen LogP contribution is 2.17. The maximum atomic E-state index is 12.2. The van der Waals surface area contributed by atoms with Crippen molar-refractivity contribution < 1.29 is 18.5 Å². The minimum atomic E-state index is -1.28. The normalized spacial score (nSPS) is 11.6. The zero-order chi connectivity index (χ0) is 18.4. The lowest BCUT2D eigenvalue weighted by molar-refractivity contribution is -0.119. The molecule has 0 aliphatic carbocycles. The second-order valence-corrected chi connectivity index (χ2v) is 7.28. The van der Waals surface area contributed by atoms with Gasteiger partial charge in [0.1, 0.15) is 0 Å². The molecule has 0 radical (unpaired) electrons. The molecule has 0 heterocycles. The molecular formula is C19H21NO4S. The molecule has 1 amide bonds. The molecule has 2 aromatic carbocycles. The summed E-state index contributed by atoms with van der Waals surface area (Å²) in [5.74, 6) is -0.679. The molecule has 2 aromatic rings. The van der Waals surface area contributed by atoms with Crippen LogP contribution in [0.4, 0.5) is 5.69 Å². The molecule has 0 fully saturated rings. The predicted molar refractivity (Wildman–Crippen MR) is 98.2 cm³/mol. The van der Waals surface area contributed by atoms with Gasteiger partial charge < -0.3 is 10.1 Å². The first-order chi connectivity index (χ1) is 11.9. The summed E-state index contributed by atoms with van der Waals surface area (Å²) in [4.78, 5) is 24.7. The maximum absolute atomic E-state index is 12.2. The second-order valence-electron chi connectivity index (χ2n) is 5.57. The molecule has 2 rings (SSSR count). The van der Waals surface area contributed by atoms with Crippen LogP contribution in [-0.4, -0.2) is 28.4 Å². The molecule has 0 aliphatic heterocycles. The van der Waals surface area contributed by atoms with E-state index in [9.17, 15) is 13.8 Å². The van der Waals surface area contributed by atoms with E-state index in [1.165, 1.54) is 0 Å². The van der Waals surface area contributed by atoms with Crippen molar-refractivity contribution in [3.05, 3.63) is 59.2 Å². The fourth-order valence-corrected chi connectivity index (χ4v) is 3.19. The number of nitrogens with one attached hydrogen (secondary N) is 1. The Morgan fingerprint density at radius 2 is 1.84 bits per heavy atom. The summed E-state index contributed by atoms with van der Waals surface area (Å²) in [6.45, 7) is 5.19. The fraction of sp³-hybridized carbons (Fsp3) is 0.263. The Kier molecular flexibility index (Phi) is 6.47. The van der Waals surface area contributed by atoms with E-state index >= 15 is 0 Å². The monoisotopic (exact) mass is 359 g/mol. The van der Waals surface area contributed by atoms with Crippen LogP contribution < -0.4 is 5.32 Å². The van der Waals surface area contributed by atoms with Gasteiger partial charge in [0, 0.05) is 11.4 Å². The molecule has 132 valence electrons. The van der Waals surface area contributed by atoms with E-state index in [2.05, 4.69) is 5.32 Å². The van der Waals surface area contributed by atoms with Crippen molar-refractivity contribution in [3.8, 4) is 0 Å². The van der Waals surface area contributed by atoms with Gasteiger partial charge in [0.2, 0.25) is 0 Å². The lowest BCUT2D eigenvalue weighted by Gasteiger charge is -2.11. The molecule has 6 heteroatoms. The molecule has 0 unspecified atom stereocenters. The van der Waals surface area contributed by atoms with Gasteiger partial charge in [-0.25, -0.2) is 4.79 Å². The van der Waals surface area contributed by atoms with Gasteiger partial charge in [-0.3, -0.25) is 9.00 Å². The smallest absolute Gasteiger partial charge is 0.339 e. The number of hydrogen-bond donors (Lipinski definition) is 1. The first kappa shape index (κ1) is 18.9. The van der Waals surface area contributed by atoms with Crippen LogP contribution in [0.2, 0.25) is 0 Å². The molecule has 5 nitrogen and oxygen atoms in total. The minimum absolute atomic E-state index is 0.224. The molecule has 25 heavy (non-hydrogen) atoms. The van der Waals surface area contributed by atoms with Gasteiger partial charge in [-0.2, -0.15) is 0 Å². The first-order valence-electron chi connectivity index (χ1n) is 7.94. The number of esters is 1. The summed E-state index contributed by atoms with van der Waals surface area (Å²) in [6, 6.07) is 12.3. The lowest BCUT2D eigenvalue weighted by atomic mass is 10.1. The zero-order valence-corrected chi connectivity index (χ0v) is 15.3. The van der Waals surface area contributed by atoms with Crippen molar-refractivity contribution in [2.45, 2.75) is 25.7 Å². The van der Waals surface area contributed by atoms with Gasteiger partial charge in [-0.15, -0.1) is 0 Å². The Balaban J connectivity index is 2.02. The van der Waals surface area contributed by atoms with Gasteiger partial charge in [0.25, 0.3) is 5.91 Å². The van der Waals surface area contributed by atoms with E-state index in [4.69, 9.17) is 4.74 Å². The number of hydrogen-bond acceptors (Lipinski definition) is 4. The van der Waals surface area contributed by atoms with E-state index in [0.717, 1.165) is 11.1 Å². The third-order valence-corrected chi connectivity index (χ3v) is 4.99. The Morgan fingerprint density at radius 1 is 1.12 bits per heavy atom.